The summed E-state index contributed by atoms with van der Waals surface area (Å²) in [5.41, 5.74) is 1.25. The first-order chi connectivity index (χ1) is 13.1. The summed E-state index contributed by atoms with van der Waals surface area (Å²) in [5.74, 6) is 0.699. The molecule has 0 unspecified atom stereocenters. The Balaban J connectivity index is 1.63. The minimum absolute atomic E-state index is 0.0303. The van der Waals surface area contributed by atoms with Crippen molar-refractivity contribution < 1.29 is 4.52 Å². The number of aromatic nitrogens is 4. The first kappa shape index (κ1) is 16.7. The monoisotopic (exact) mass is 360 g/mol. The number of benzene rings is 2. The van der Waals surface area contributed by atoms with Crippen LogP contribution in [0, 0.1) is 6.92 Å². The lowest BCUT2D eigenvalue weighted by Crippen LogP contribution is -2.40. The molecule has 0 fully saturated rings. The van der Waals surface area contributed by atoms with E-state index in [1.54, 1.807) is 30.5 Å². The van der Waals surface area contributed by atoms with Gasteiger partial charge in [-0.15, -0.1) is 0 Å². The Kier molecular flexibility index (Phi) is 4.25. The molecule has 27 heavy (non-hydrogen) atoms. The van der Waals surface area contributed by atoms with E-state index in [0.29, 0.717) is 11.5 Å². The van der Waals surface area contributed by atoms with E-state index in [-0.39, 0.29) is 12.4 Å². The van der Waals surface area contributed by atoms with E-state index >= 15 is 0 Å². The van der Waals surface area contributed by atoms with Gasteiger partial charge in [0.2, 0.25) is 11.7 Å². The van der Waals surface area contributed by atoms with E-state index in [9.17, 15) is 9.59 Å². The van der Waals surface area contributed by atoms with Gasteiger partial charge in [0.1, 0.15) is 6.54 Å². The van der Waals surface area contributed by atoms with Crippen LogP contribution in [0.15, 0.2) is 81.1 Å². The van der Waals surface area contributed by atoms with Crippen LogP contribution in [-0.2, 0) is 6.54 Å². The van der Waals surface area contributed by atoms with Crippen LogP contribution in [-0.4, -0.2) is 19.3 Å². The predicted octanol–water partition coefficient (Wildman–Crippen LogP) is 2.41. The highest BCUT2D eigenvalue weighted by atomic mass is 16.5. The molecule has 0 spiro atoms. The first-order valence-electron chi connectivity index (χ1n) is 8.39. The Morgan fingerprint density at radius 2 is 1.78 bits per heavy atom. The van der Waals surface area contributed by atoms with E-state index in [2.05, 4.69) is 10.1 Å². The maximum Gasteiger partial charge on any atom is 0.320 e. The average Bonchev–Trinajstić information content (AvgIpc) is 3.15. The lowest BCUT2D eigenvalue weighted by Gasteiger charge is -2.07. The molecule has 4 rings (SSSR count). The molecule has 134 valence electrons. The number of rotatable bonds is 4. The van der Waals surface area contributed by atoms with Crippen LogP contribution in [0.25, 0.3) is 17.1 Å². The molecule has 2 aromatic carbocycles. The summed E-state index contributed by atoms with van der Waals surface area (Å²) in [6, 6.07) is 16.7. The molecule has 0 aliphatic carbocycles. The van der Waals surface area contributed by atoms with E-state index in [0.717, 1.165) is 11.1 Å². The van der Waals surface area contributed by atoms with Crippen LogP contribution >= 0.6 is 0 Å². The molecule has 7 heteroatoms. The highest BCUT2D eigenvalue weighted by molar-refractivity contribution is 5.55. The standard InChI is InChI=1S/C20H16N4O3/c1-14-6-5-7-15(12-14)18-21-17(27-22-18)13-23-10-11-24(20(26)19(23)25)16-8-3-2-4-9-16/h2-12H,13H2,1H3. The van der Waals surface area contributed by atoms with Crippen LogP contribution in [0.2, 0.25) is 0 Å². The van der Waals surface area contributed by atoms with E-state index in [4.69, 9.17) is 4.52 Å². The molecular formula is C20H16N4O3. The topological polar surface area (TPSA) is 82.9 Å². The van der Waals surface area contributed by atoms with Crippen molar-refractivity contribution in [1.82, 2.24) is 19.3 Å². The molecule has 0 aliphatic rings. The molecule has 0 N–H and O–H groups in total. The number of nitrogens with zero attached hydrogens (tertiary/aromatic N) is 4. The van der Waals surface area contributed by atoms with Crippen molar-refractivity contribution in [2.24, 2.45) is 0 Å². The minimum Gasteiger partial charge on any atom is -0.337 e. The average molecular weight is 360 g/mol. The zero-order valence-corrected chi connectivity index (χ0v) is 14.6. The summed E-state index contributed by atoms with van der Waals surface area (Å²) in [4.78, 5) is 29.2. The molecule has 0 bridgehead atoms. The maximum atomic E-state index is 12.4. The van der Waals surface area contributed by atoms with Crippen molar-refractivity contribution in [1.29, 1.82) is 0 Å². The molecule has 4 aromatic rings. The Labute approximate surface area is 154 Å². The quantitative estimate of drug-likeness (QED) is 0.522. The van der Waals surface area contributed by atoms with Crippen LogP contribution in [0.5, 0.6) is 0 Å². The van der Waals surface area contributed by atoms with Crippen molar-refractivity contribution in [3.63, 3.8) is 0 Å². The third-order valence-electron chi connectivity index (χ3n) is 4.14. The Morgan fingerprint density at radius 1 is 0.963 bits per heavy atom. The van der Waals surface area contributed by atoms with Crippen molar-refractivity contribution in [2.45, 2.75) is 13.5 Å². The molecule has 2 heterocycles. The summed E-state index contributed by atoms with van der Waals surface area (Å²) in [6.45, 7) is 2.01. The van der Waals surface area contributed by atoms with Crippen LogP contribution in [0.1, 0.15) is 11.5 Å². The summed E-state index contributed by atoms with van der Waals surface area (Å²) < 4.78 is 7.81. The summed E-state index contributed by atoms with van der Waals surface area (Å²) in [7, 11) is 0. The molecule has 0 saturated carbocycles. The van der Waals surface area contributed by atoms with E-state index < -0.39 is 11.1 Å². The second-order valence-corrected chi connectivity index (χ2v) is 6.12. The van der Waals surface area contributed by atoms with Gasteiger partial charge >= 0.3 is 11.1 Å². The molecule has 7 nitrogen and oxygen atoms in total. The summed E-state index contributed by atoms with van der Waals surface area (Å²) in [5, 5.41) is 3.96. The lowest BCUT2D eigenvalue weighted by molar-refractivity contribution is 0.369. The maximum absolute atomic E-state index is 12.4. The minimum atomic E-state index is -0.656. The lowest BCUT2D eigenvalue weighted by atomic mass is 10.1. The zero-order chi connectivity index (χ0) is 18.8. The molecular weight excluding hydrogens is 344 g/mol. The third-order valence-corrected chi connectivity index (χ3v) is 4.14. The summed E-state index contributed by atoms with van der Waals surface area (Å²) >= 11 is 0. The van der Waals surface area contributed by atoms with Crippen molar-refractivity contribution in [3.8, 4) is 17.1 Å². The van der Waals surface area contributed by atoms with Gasteiger partial charge in [0.25, 0.3) is 0 Å². The van der Waals surface area contributed by atoms with Gasteiger partial charge in [0.05, 0.1) is 0 Å². The predicted molar refractivity (Wildman–Crippen MR) is 99.9 cm³/mol. The van der Waals surface area contributed by atoms with E-state index in [1.165, 1.54) is 15.3 Å². The van der Waals surface area contributed by atoms with Crippen molar-refractivity contribution in [2.75, 3.05) is 0 Å². The van der Waals surface area contributed by atoms with Crippen LogP contribution < -0.4 is 11.1 Å². The Morgan fingerprint density at radius 3 is 2.56 bits per heavy atom. The molecule has 0 aliphatic heterocycles. The van der Waals surface area contributed by atoms with Gasteiger partial charge in [-0.05, 0) is 25.1 Å². The smallest absolute Gasteiger partial charge is 0.320 e. The number of hydrogen-bond acceptors (Lipinski definition) is 5. The van der Waals surface area contributed by atoms with Gasteiger partial charge in [-0.1, -0.05) is 47.1 Å². The summed E-state index contributed by atoms with van der Waals surface area (Å²) in [6.07, 6.45) is 3.09. The second-order valence-electron chi connectivity index (χ2n) is 6.12. The fourth-order valence-electron chi connectivity index (χ4n) is 2.79. The number of aryl methyl sites for hydroxylation is 1. The van der Waals surface area contributed by atoms with Gasteiger partial charge in [0.15, 0.2) is 0 Å². The van der Waals surface area contributed by atoms with Gasteiger partial charge < -0.3 is 4.52 Å². The normalized spacial score (nSPS) is 10.9. The van der Waals surface area contributed by atoms with Crippen LogP contribution in [0.4, 0.5) is 0 Å². The number of para-hydroxylation sites is 1. The molecule has 0 radical (unpaired) electrons. The van der Waals surface area contributed by atoms with E-state index in [1.807, 2.05) is 37.3 Å². The van der Waals surface area contributed by atoms with Gasteiger partial charge in [-0.3, -0.25) is 18.7 Å². The fourth-order valence-corrected chi connectivity index (χ4v) is 2.79. The molecule has 0 amide bonds. The fraction of sp³-hybridized carbons (Fsp3) is 0.100. The second kappa shape index (κ2) is 6.87. The molecule has 2 aromatic heterocycles. The zero-order valence-electron chi connectivity index (χ0n) is 14.6. The van der Waals surface area contributed by atoms with Gasteiger partial charge in [-0.2, -0.15) is 4.98 Å². The van der Waals surface area contributed by atoms with Crippen molar-refractivity contribution in [3.05, 3.63) is 99.2 Å². The SMILES string of the molecule is Cc1cccc(-c2noc(Cn3ccn(-c4ccccc4)c(=O)c3=O)n2)c1. The molecule has 0 saturated heterocycles. The number of hydrogen-bond donors (Lipinski definition) is 0. The first-order valence-corrected chi connectivity index (χ1v) is 8.39. The Hall–Kier alpha value is -3.74. The molecule has 0 atom stereocenters. The Bertz CT molecular complexity index is 1210. The third kappa shape index (κ3) is 3.35. The van der Waals surface area contributed by atoms with Crippen LogP contribution in [0.3, 0.4) is 0 Å². The largest absolute Gasteiger partial charge is 0.337 e. The highest BCUT2D eigenvalue weighted by Crippen LogP contribution is 2.17. The highest BCUT2D eigenvalue weighted by Gasteiger charge is 2.12. The van der Waals surface area contributed by atoms with Gasteiger partial charge in [-0.25, -0.2) is 0 Å². The van der Waals surface area contributed by atoms with Gasteiger partial charge in [0, 0.05) is 23.6 Å². The van der Waals surface area contributed by atoms with Crippen molar-refractivity contribution >= 4 is 0 Å².